The van der Waals surface area contributed by atoms with Crippen molar-refractivity contribution >= 4 is 12.4 Å². The third-order valence-corrected chi connectivity index (χ3v) is 4.91. The summed E-state index contributed by atoms with van der Waals surface area (Å²) in [7, 11) is 0. The summed E-state index contributed by atoms with van der Waals surface area (Å²) in [4.78, 5) is 2.70. The Bertz CT molecular complexity index is 247. The molecule has 2 aliphatic heterocycles. The molecule has 0 aromatic rings. The predicted molar refractivity (Wildman–Crippen MR) is 76.8 cm³/mol. The standard InChI is InChI=1S/C14H28N2.ClH/c1-12-5-8-16(10-13(12,2)3)11-14(4)6-7-15-9-14;/h12,15H,5-11H2,1-4H3;1H. The van der Waals surface area contributed by atoms with E-state index >= 15 is 0 Å². The van der Waals surface area contributed by atoms with Crippen LogP contribution in [0.4, 0.5) is 0 Å². The van der Waals surface area contributed by atoms with Crippen molar-refractivity contribution in [3.63, 3.8) is 0 Å². The van der Waals surface area contributed by atoms with Gasteiger partial charge in [0.2, 0.25) is 0 Å². The van der Waals surface area contributed by atoms with E-state index in [-0.39, 0.29) is 12.4 Å². The molecule has 0 aromatic heterocycles. The zero-order chi connectivity index (χ0) is 11.8. The molecule has 0 aliphatic carbocycles. The van der Waals surface area contributed by atoms with E-state index in [9.17, 15) is 0 Å². The lowest BCUT2D eigenvalue weighted by molar-refractivity contribution is 0.0408. The minimum absolute atomic E-state index is 0. The fraction of sp³-hybridized carbons (Fsp3) is 1.00. The van der Waals surface area contributed by atoms with E-state index in [1.807, 2.05) is 0 Å². The Kier molecular flexibility index (Phi) is 4.90. The number of rotatable bonds is 2. The lowest BCUT2D eigenvalue weighted by atomic mass is 9.74. The van der Waals surface area contributed by atoms with Gasteiger partial charge in [-0.3, -0.25) is 0 Å². The molecule has 2 nitrogen and oxygen atoms in total. The third-order valence-electron chi connectivity index (χ3n) is 4.91. The molecule has 2 saturated heterocycles. The molecule has 2 atom stereocenters. The van der Waals surface area contributed by atoms with Crippen molar-refractivity contribution < 1.29 is 0 Å². The van der Waals surface area contributed by atoms with Gasteiger partial charge in [-0.1, -0.05) is 27.7 Å². The lowest BCUT2D eigenvalue weighted by Crippen LogP contribution is -2.48. The first kappa shape index (κ1) is 15.3. The van der Waals surface area contributed by atoms with Gasteiger partial charge < -0.3 is 10.2 Å². The van der Waals surface area contributed by atoms with Crippen molar-refractivity contribution in [2.75, 3.05) is 32.7 Å². The molecule has 2 fully saturated rings. The Balaban J connectivity index is 0.00000144. The summed E-state index contributed by atoms with van der Waals surface area (Å²) < 4.78 is 0. The summed E-state index contributed by atoms with van der Waals surface area (Å²) in [6, 6.07) is 0. The molecule has 17 heavy (non-hydrogen) atoms. The summed E-state index contributed by atoms with van der Waals surface area (Å²) >= 11 is 0. The highest BCUT2D eigenvalue weighted by atomic mass is 35.5. The second-order valence-electron chi connectivity index (χ2n) is 7.13. The van der Waals surface area contributed by atoms with Crippen molar-refractivity contribution in [1.29, 1.82) is 0 Å². The van der Waals surface area contributed by atoms with Crippen LogP contribution >= 0.6 is 12.4 Å². The third kappa shape index (κ3) is 3.59. The van der Waals surface area contributed by atoms with Crippen LogP contribution in [0.1, 0.15) is 40.5 Å². The molecular weight excluding hydrogens is 232 g/mol. The monoisotopic (exact) mass is 260 g/mol. The molecule has 2 rings (SSSR count). The molecule has 0 bridgehead atoms. The Morgan fingerprint density at radius 1 is 1.29 bits per heavy atom. The van der Waals surface area contributed by atoms with Gasteiger partial charge in [0.25, 0.3) is 0 Å². The average molecular weight is 261 g/mol. The van der Waals surface area contributed by atoms with Gasteiger partial charge in [-0.2, -0.15) is 0 Å². The summed E-state index contributed by atoms with van der Waals surface area (Å²) in [5, 5.41) is 3.51. The highest BCUT2D eigenvalue weighted by Gasteiger charge is 2.37. The van der Waals surface area contributed by atoms with E-state index in [0.29, 0.717) is 10.8 Å². The van der Waals surface area contributed by atoms with Gasteiger partial charge >= 0.3 is 0 Å². The highest BCUT2D eigenvalue weighted by molar-refractivity contribution is 5.85. The Labute approximate surface area is 113 Å². The van der Waals surface area contributed by atoms with Crippen molar-refractivity contribution in [2.45, 2.75) is 40.5 Å². The normalized spacial score (nSPS) is 37.8. The Morgan fingerprint density at radius 3 is 2.53 bits per heavy atom. The van der Waals surface area contributed by atoms with Crippen LogP contribution in [0.3, 0.4) is 0 Å². The summed E-state index contributed by atoms with van der Waals surface area (Å²) in [5.74, 6) is 0.873. The number of likely N-dealkylation sites (tertiary alicyclic amines) is 1. The quantitative estimate of drug-likeness (QED) is 0.822. The first-order chi connectivity index (χ1) is 7.41. The van der Waals surface area contributed by atoms with Crippen LogP contribution in [-0.4, -0.2) is 37.6 Å². The molecule has 0 spiro atoms. The van der Waals surface area contributed by atoms with E-state index in [2.05, 4.69) is 37.9 Å². The molecule has 102 valence electrons. The van der Waals surface area contributed by atoms with Crippen LogP contribution in [0, 0.1) is 16.7 Å². The molecule has 2 unspecified atom stereocenters. The van der Waals surface area contributed by atoms with Gasteiger partial charge in [0.1, 0.15) is 0 Å². The Hall–Kier alpha value is 0.210. The number of halogens is 1. The van der Waals surface area contributed by atoms with Crippen LogP contribution < -0.4 is 5.32 Å². The second kappa shape index (κ2) is 5.46. The molecule has 0 radical (unpaired) electrons. The molecule has 0 aromatic carbocycles. The van der Waals surface area contributed by atoms with E-state index in [0.717, 1.165) is 5.92 Å². The van der Waals surface area contributed by atoms with Crippen molar-refractivity contribution in [2.24, 2.45) is 16.7 Å². The largest absolute Gasteiger partial charge is 0.316 e. The van der Waals surface area contributed by atoms with Gasteiger partial charge in [0.05, 0.1) is 0 Å². The molecule has 1 N–H and O–H groups in total. The molecule has 2 heterocycles. The van der Waals surface area contributed by atoms with Crippen LogP contribution in [-0.2, 0) is 0 Å². The minimum Gasteiger partial charge on any atom is -0.316 e. The molecule has 3 heteroatoms. The number of piperidine rings is 1. The topological polar surface area (TPSA) is 15.3 Å². The fourth-order valence-electron chi connectivity index (χ4n) is 3.26. The van der Waals surface area contributed by atoms with E-state index < -0.39 is 0 Å². The molecule has 0 amide bonds. The van der Waals surface area contributed by atoms with E-state index in [1.54, 1.807) is 0 Å². The summed E-state index contributed by atoms with van der Waals surface area (Å²) in [5.41, 5.74) is 1.03. The SMILES string of the molecule is CC1CCN(CC2(C)CCNC2)CC1(C)C.Cl. The maximum Gasteiger partial charge on any atom is 0.00482 e. The molecular formula is C14H29ClN2. The maximum atomic E-state index is 3.51. The second-order valence-corrected chi connectivity index (χ2v) is 7.13. The maximum absolute atomic E-state index is 3.51. The zero-order valence-electron chi connectivity index (χ0n) is 11.9. The highest BCUT2D eigenvalue weighted by Crippen LogP contribution is 2.36. The van der Waals surface area contributed by atoms with Crippen LogP contribution in [0.5, 0.6) is 0 Å². The Morgan fingerprint density at radius 2 is 2.00 bits per heavy atom. The number of hydrogen-bond donors (Lipinski definition) is 1. The number of hydrogen-bond acceptors (Lipinski definition) is 2. The van der Waals surface area contributed by atoms with E-state index in [4.69, 9.17) is 0 Å². The van der Waals surface area contributed by atoms with Gasteiger partial charge in [-0.15, -0.1) is 12.4 Å². The average Bonchev–Trinajstić information content (AvgIpc) is 2.58. The van der Waals surface area contributed by atoms with Crippen molar-refractivity contribution in [3.05, 3.63) is 0 Å². The molecule has 2 aliphatic rings. The van der Waals surface area contributed by atoms with Crippen LogP contribution in [0.2, 0.25) is 0 Å². The first-order valence-corrected chi connectivity index (χ1v) is 6.84. The van der Waals surface area contributed by atoms with Crippen molar-refractivity contribution in [1.82, 2.24) is 10.2 Å². The van der Waals surface area contributed by atoms with Crippen molar-refractivity contribution in [3.8, 4) is 0 Å². The van der Waals surface area contributed by atoms with Gasteiger partial charge in [0, 0.05) is 19.6 Å². The first-order valence-electron chi connectivity index (χ1n) is 6.84. The number of nitrogens with one attached hydrogen (secondary N) is 1. The van der Waals surface area contributed by atoms with Gasteiger partial charge in [0.15, 0.2) is 0 Å². The summed E-state index contributed by atoms with van der Waals surface area (Å²) in [6.07, 6.45) is 2.72. The predicted octanol–water partition coefficient (Wildman–Crippen LogP) is 2.78. The zero-order valence-corrected chi connectivity index (χ0v) is 12.7. The minimum atomic E-state index is 0. The van der Waals surface area contributed by atoms with Gasteiger partial charge in [-0.05, 0) is 42.7 Å². The smallest absolute Gasteiger partial charge is 0.00482 e. The van der Waals surface area contributed by atoms with E-state index in [1.165, 1.54) is 45.6 Å². The lowest BCUT2D eigenvalue weighted by Gasteiger charge is -2.45. The summed E-state index contributed by atoms with van der Waals surface area (Å²) in [6.45, 7) is 16.0. The van der Waals surface area contributed by atoms with Crippen LogP contribution in [0.25, 0.3) is 0 Å². The van der Waals surface area contributed by atoms with Gasteiger partial charge in [-0.25, -0.2) is 0 Å². The molecule has 0 saturated carbocycles. The number of nitrogens with zero attached hydrogens (tertiary/aromatic N) is 1. The van der Waals surface area contributed by atoms with Crippen LogP contribution in [0.15, 0.2) is 0 Å². The fourth-order valence-corrected chi connectivity index (χ4v) is 3.26.